The first-order chi connectivity index (χ1) is 11.1. The van der Waals surface area contributed by atoms with Crippen LogP contribution >= 0.6 is 11.3 Å². The molecule has 0 bridgehead atoms. The maximum atomic E-state index is 11.9. The Labute approximate surface area is 142 Å². The molecule has 1 heterocycles. The van der Waals surface area contributed by atoms with Crippen LogP contribution in [0.15, 0.2) is 54.6 Å². The van der Waals surface area contributed by atoms with E-state index in [1.807, 2.05) is 37.3 Å². The number of ether oxygens (including phenoxy) is 1. The third-order valence-corrected chi connectivity index (χ3v) is 4.66. The number of esters is 1. The molecule has 0 aliphatic rings. The van der Waals surface area contributed by atoms with Gasteiger partial charge in [0.15, 0.2) is 0 Å². The van der Waals surface area contributed by atoms with Crippen molar-refractivity contribution in [1.29, 1.82) is 0 Å². The van der Waals surface area contributed by atoms with Gasteiger partial charge < -0.3 is 4.74 Å². The number of benzene rings is 1. The van der Waals surface area contributed by atoms with Gasteiger partial charge in [0.1, 0.15) is 0 Å². The van der Waals surface area contributed by atoms with Crippen LogP contribution in [0.25, 0.3) is 10.4 Å². The molecule has 23 heavy (non-hydrogen) atoms. The minimum Gasteiger partial charge on any atom is -0.465 e. The van der Waals surface area contributed by atoms with Crippen molar-refractivity contribution >= 4 is 17.3 Å². The largest absolute Gasteiger partial charge is 0.465 e. The Hall–Kier alpha value is -1.87. The SMILES string of the molecule is CC(C)/C=C\C(C)C(=O)OCCc1ccc(-c2ccccc2)s1. The van der Waals surface area contributed by atoms with Crippen molar-refractivity contribution in [2.45, 2.75) is 27.2 Å². The molecule has 1 unspecified atom stereocenters. The van der Waals surface area contributed by atoms with Gasteiger partial charge in [-0.1, -0.05) is 56.3 Å². The fourth-order valence-electron chi connectivity index (χ4n) is 2.12. The second-order valence-electron chi connectivity index (χ2n) is 5.97. The zero-order valence-electron chi connectivity index (χ0n) is 14.0. The lowest BCUT2D eigenvalue weighted by atomic mass is 10.1. The van der Waals surface area contributed by atoms with E-state index in [-0.39, 0.29) is 11.9 Å². The molecule has 0 N–H and O–H groups in total. The summed E-state index contributed by atoms with van der Waals surface area (Å²) in [7, 11) is 0. The zero-order chi connectivity index (χ0) is 16.7. The Morgan fingerprint density at radius 1 is 1.09 bits per heavy atom. The number of allylic oxidation sites excluding steroid dienone is 1. The summed E-state index contributed by atoms with van der Waals surface area (Å²) in [5, 5.41) is 0. The lowest BCUT2D eigenvalue weighted by Crippen LogP contribution is -2.14. The van der Waals surface area contributed by atoms with Crippen LogP contribution in [0.5, 0.6) is 0 Å². The molecule has 0 aliphatic heterocycles. The molecule has 0 saturated carbocycles. The molecule has 3 heteroatoms. The van der Waals surface area contributed by atoms with Crippen LogP contribution in [0.1, 0.15) is 25.6 Å². The van der Waals surface area contributed by atoms with Crippen LogP contribution in [-0.4, -0.2) is 12.6 Å². The molecule has 1 aromatic heterocycles. The molecule has 1 atom stereocenters. The fraction of sp³-hybridized carbons (Fsp3) is 0.350. The topological polar surface area (TPSA) is 26.3 Å². The summed E-state index contributed by atoms with van der Waals surface area (Å²) < 4.78 is 5.37. The number of hydrogen-bond donors (Lipinski definition) is 0. The van der Waals surface area contributed by atoms with Crippen molar-refractivity contribution in [1.82, 2.24) is 0 Å². The number of thiophene rings is 1. The first kappa shape index (κ1) is 17.5. The van der Waals surface area contributed by atoms with E-state index in [4.69, 9.17) is 4.74 Å². The van der Waals surface area contributed by atoms with E-state index in [1.165, 1.54) is 15.3 Å². The van der Waals surface area contributed by atoms with E-state index in [0.29, 0.717) is 12.5 Å². The molecular formula is C20H24O2S. The minimum atomic E-state index is -0.180. The zero-order valence-corrected chi connectivity index (χ0v) is 14.8. The first-order valence-corrected chi connectivity index (χ1v) is 8.87. The van der Waals surface area contributed by atoms with Crippen LogP contribution < -0.4 is 0 Å². The molecular weight excluding hydrogens is 304 g/mol. The number of rotatable bonds is 7. The maximum absolute atomic E-state index is 11.9. The third-order valence-electron chi connectivity index (χ3n) is 3.47. The standard InChI is InChI=1S/C20H24O2S/c1-15(2)9-10-16(3)20(21)22-14-13-18-11-12-19(23-18)17-7-5-4-6-8-17/h4-12,15-16H,13-14H2,1-3H3/b10-9-. The van der Waals surface area contributed by atoms with Crippen LogP contribution in [0.3, 0.4) is 0 Å². The van der Waals surface area contributed by atoms with Gasteiger partial charge >= 0.3 is 5.97 Å². The highest BCUT2D eigenvalue weighted by molar-refractivity contribution is 7.15. The summed E-state index contributed by atoms with van der Waals surface area (Å²) in [4.78, 5) is 14.4. The molecule has 0 saturated heterocycles. The summed E-state index contributed by atoms with van der Waals surface area (Å²) in [5.74, 6) is 0.120. The quantitative estimate of drug-likeness (QED) is 0.506. The highest BCUT2D eigenvalue weighted by atomic mass is 32.1. The van der Waals surface area contributed by atoms with E-state index in [1.54, 1.807) is 11.3 Å². The average Bonchev–Trinajstić information content (AvgIpc) is 3.02. The van der Waals surface area contributed by atoms with Gasteiger partial charge in [-0.15, -0.1) is 11.3 Å². The average molecular weight is 328 g/mol. The van der Waals surface area contributed by atoms with Gasteiger partial charge in [-0.2, -0.15) is 0 Å². The molecule has 2 aromatic rings. The predicted molar refractivity (Wildman–Crippen MR) is 97.6 cm³/mol. The highest BCUT2D eigenvalue weighted by Crippen LogP contribution is 2.28. The Morgan fingerprint density at radius 3 is 2.52 bits per heavy atom. The second kappa shape index (κ2) is 8.68. The van der Waals surface area contributed by atoms with Gasteiger partial charge in [0.2, 0.25) is 0 Å². The van der Waals surface area contributed by atoms with Crippen LogP contribution in [0, 0.1) is 11.8 Å². The Kier molecular flexibility index (Phi) is 6.60. The summed E-state index contributed by atoms with van der Waals surface area (Å²) >= 11 is 1.75. The maximum Gasteiger partial charge on any atom is 0.312 e. The van der Waals surface area contributed by atoms with E-state index in [0.717, 1.165) is 6.42 Å². The van der Waals surface area contributed by atoms with Gasteiger partial charge in [0, 0.05) is 16.2 Å². The molecule has 1 aromatic carbocycles. The molecule has 0 fully saturated rings. The summed E-state index contributed by atoms with van der Waals surface area (Å²) in [6, 6.07) is 14.6. The molecule has 0 aliphatic carbocycles. The third kappa shape index (κ3) is 5.68. The van der Waals surface area contributed by atoms with Crippen molar-refractivity contribution in [3.8, 4) is 10.4 Å². The molecule has 0 spiro atoms. The molecule has 0 radical (unpaired) electrons. The van der Waals surface area contributed by atoms with Gasteiger partial charge in [-0.25, -0.2) is 0 Å². The van der Waals surface area contributed by atoms with Crippen molar-refractivity contribution in [3.05, 3.63) is 59.5 Å². The van der Waals surface area contributed by atoms with Gasteiger partial charge in [0.25, 0.3) is 0 Å². The summed E-state index contributed by atoms with van der Waals surface area (Å²) in [6.45, 7) is 6.50. The van der Waals surface area contributed by atoms with E-state index >= 15 is 0 Å². The van der Waals surface area contributed by atoms with Crippen molar-refractivity contribution in [2.75, 3.05) is 6.61 Å². The minimum absolute atomic E-state index is 0.151. The van der Waals surface area contributed by atoms with Crippen LogP contribution in [-0.2, 0) is 16.0 Å². The number of carbonyl (C=O) groups is 1. The van der Waals surface area contributed by atoms with E-state index < -0.39 is 0 Å². The van der Waals surface area contributed by atoms with E-state index in [9.17, 15) is 4.79 Å². The Morgan fingerprint density at radius 2 is 1.83 bits per heavy atom. The van der Waals surface area contributed by atoms with Crippen molar-refractivity contribution in [3.63, 3.8) is 0 Å². The van der Waals surface area contributed by atoms with E-state index in [2.05, 4.69) is 38.1 Å². The smallest absolute Gasteiger partial charge is 0.312 e. The monoisotopic (exact) mass is 328 g/mol. The molecule has 2 nitrogen and oxygen atoms in total. The Balaban J connectivity index is 1.81. The van der Waals surface area contributed by atoms with Gasteiger partial charge in [-0.3, -0.25) is 4.79 Å². The lowest BCUT2D eigenvalue weighted by Gasteiger charge is -2.07. The summed E-state index contributed by atoms with van der Waals surface area (Å²) in [6.07, 6.45) is 4.73. The molecule has 122 valence electrons. The number of carbonyl (C=O) groups excluding carboxylic acids is 1. The normalized spacial score (nSPS) is 12.7. The Bertz CT molecular complexity index is 641. The number of hydrogen-bond acceptors (Lipinski definition) is 3. The highest BCUT2D eigenvalue weighted by Gasteiger charge is 2.11. The van der Waals surface area contributed by atoms with Crippen molar-refractivity contribution < 1.29 is 9.53 Å². The molecule has 0 amide bonds. The first-order valence-electron chi connectivity index (χ1n) is 8.05. The summed E-state index contributed by atoms with van der Waals surface area (Å²) in [5.41, 5.74) is 1.23. The predicted octanol–water partition coefficient (Wildman–Crippen LogP) is 5.35. The lowest BCUT2D eigenvalue weighted by molar-refractivity contribution is -0.146. The second-order valence-corrected chi connectivity index (χ2v) is 7.14. The van der Waals surface area contributed by atoms with Crippen LogP contribution in [0.2, 0.25) is 0 Å². The van der Waals surface area contributed by atoms with Gasteiger partial charge in [0.05, 0.1) is 12.5 Å². The van der Waals surface area contributed by atoms with Gasteiger partial charge in [-0.05, 0) is 30.5 Å². The fourth-order valence-corrected chi connectivity index (χ4v) is 3.11. The van der Waals surface area contributed by atoms with Crippen molar-refractivity contribution in [2.24, 2.45) is 11.8 Å². The van der Waals surface area contributed by atoms with Crippen LogP contribution in [0.4, 0.5) is 0 Å². The molecule has 2 rings (SSSR count).